The number of aryl methyl sites for hydroxylation is 1. The maximum Gasteiger partial charge on any atom is 0.195 e. The van der Waals surface area contributed by atoms with Crippen LogP contribution in [0.25, 0.3) is 10.9 Å². The second kappa shape index (κ2) is 5.23. The van der Waals surface area contributed by atoms with Gasteiger partial charge in [0.1, 0.15) is 5.75 Å². The number of pyridine rings is 1. The summed E-state index contributed by atoms with van der Waals surface area (Å²) in [6.07, 6.45) is 3.50. The highest BCUT2D eigenvalue weighted by Crippen LogP contribution is 2.35. The van der Waals surface area contributed by atoms with E-state index < -0.39 is 0 Å². The minimum Gasteiger partial charge on any atom is -0.508 e. The number of hydrogen-bond donors (Lipinski definition) is 1. The molecule has 0 aliphatic carbocycles. The molecular formula is C19H20N2O2. The Kier molecular flexibility index (Phi) is 3.48. The van der Waals surface area contributed by atoms with Crippen molar-refractivity contribution >= 4 is 16.7 Å². The van der Waals surface area contributed by atoms with Gasteiger partial charge in [-0.05, 0) is 30.3 Å². The van der Waals surface area contributed by atoms with Gasteiger partial charge >= 0.3 is 0 Å². The van der Waals surface area contributed by atoms with Gasteiger partial charge in [0.25, 0.3) is 0 Å². The highest BCUT2D eigenvalue weighted by Gasteiger charge is 2.29. The molecule has 0 saturated carbocycles. The summed E-state index contributed by atoms with van der Waals surface area (Å²) in [6.45, 7) is 6.30. The molecule has 4 heteroatoms. The highest BCUT2D eigenvalue weighted by molar-refractivity contribution is 6.17. The number of carbonyl (C=O) groups is 1. The number of carbonyl (C=O) groups excluding carboxylic acids is 1. The quantitative estimate of drug-likeness (QED) is 0.732. The number of aromatic hydroxyl groups is 1. The van der Waals surface area contributed by atoms with Gasteiger partial charge < -0.3 is 9.67 Å². The van der Waals surface area contributed by atoms with Crippen molar-refractivity contribution in [3.63, 3.8) is 0 Å². The van der Waals surface area contributed by atoms with Gasteiger partial charge in [-0.15, -0.1) is 0 Å². The fourth-order valence-electron chi connectivity index (χ4n) is 3.15. The van der Waals surface area contributed by atoms with Crippen LogP contribution in [0, 0.1) is 0 Å². The molecule has 0 amide bonds. The van der Waals surface area contributed by atoms with Crippen LogP contribution in [0.3, 0.4) is 0 Å². The van der Waals surface area contributed by atoms with Gasteiger partial charge in [0, 0.05) is 35.3 Å². The summed E-state index contributed by atoms with van der Waals surface area (Å²) in [5, 5.41) is 10.4. The fourth-order valence-corrected chi connectivity index (χ4v) is 3.15. The Bertz CT molecular complexity index is 884. The topological polar surface area (TPSA) is 55.1 Å². The summed E-state index contributed by atoms with van der Waals surface area (Å²) < 4.78 is 2.05. The lowest BCUT2D eigenvalue weighted by Gasteiger charge is -2.22. The van der Waals surface area contributed by atoms with Gasteiger partial charge in [0.2, 0.25) is 0 Å². The van der Waals surface area contributed by atoms with Gasteiger partial charge in [-0.2, -0.15) is 0 Å². The number of hydrogen-bond acceptors (Lipinski definition) is 3. The van der Waals surface area contributed by atoms with E-state index in [-0.39, 0.29) is 16.9 Å². The van der Waals surface area contributed by atoms with Crippen LogP contribution in [-0.2, 0) is 12.5 Å². The zero-order valence-electron chi connectivity index (χ0n) is 13.8. The average molecular weight is 308 g/mol. The molecule has 0 unspecified atom stereocenters. The van der Waals surface area contributed by atoms with Crippen LogP contribution in [0.2, 0.25) is 0 Å². The van der Waals surface area contributed by atoms with Crippen LogP contribution in [0.15, 0.2) is 42.7 Å². The molecule has 4 nitrogen and oxygen atoms in total. The van der Waals surface area contributed by atoms with Gasteiger partial charge in [-0.25, -0.2) is 0 Å². The first-order valence-electron chi connectivity index (χ1n) is 7.57. The van der Waals surface area contributed by atoms with Crippen molar-refractivity contribution < 1.29 is 9.90 Å². The summed E-state index contributed by atoms with van der Waals surface area (Å²) in [5.74, 6) is 0.117. The number of phenolic OH excluding ortho intramolecular Hbond substituents is 1. The molecule has 0 atom stereocenters. The summed E-state index contributed by atoms with van der Waals surface area (Å²) >= 11 is 0. The van der Waals surface area contributed by atoms with Gasteiger partial charge in [0.05, 0.1) is 17.3 Å². The second-order valence-corrected chi connectivity index (χ2v) is 6.80. The van der Waals surface area contributed by atoms with Crippen LogP contribution in [0.1, 0.15) is 42.4 Å². The Labute approximate surface area is 135 Å². The highest BCUT2D eigenvalue weighted by atomic mass is 16.3. The number of fused-ring (bicyclic) bond motifs is 1. The molecule has 0 aliphatic heterocycles. The Morgan fingerprint density at radius 1 is 1.13 bits per heavy atom. The number of phenols is 1. The van der Waals surface area contributed by atoms with E-state index in [0.717, 1.165) is 16.6 Å². The first-order chi connectivity index (χ1) is 10.8. The maximum atomic E-state index is 13.1. The van der Waals surface area contributed by atoms with Crippen molar-refractivity contribution in [2.45, 2.75) is 26.2 Å². The lowest BCUT2D eigenvalue weighted by Crippen LogP contribution is -2.20. The monoisotopic (exact) mass is 308 g/mol. The van der Waals surface area contributed by atoms with Crippen molar-refractivity contribution in [2.75, 3.05) is 0 Å². The first-order valence-corrected chi connectivity index (χ1v) is 7.57. The van der Waals surface area contributed by atoms with Gasteiger partial charge in [0.15, 0.2) is 5.78 Å². The Hall–Kier alpha value is -2.62. The molecule has 23 heavy (non-hydrogen) atoms. The van der Waals surface area contributed by atoms with Crippen LogP contribution in [-0.4, -0.2) is 20.4 Å². The van der Waals surface area contributed by atoms with E-state index in [2.05, 4.69) is 30.3 Å². The van der Waals surface area contributed by atoms with Crippen LogP contribution < -0.4 is 0 Å². The molecule has 0 fully saturated rings. The van der Waals surface area contributed by atoms with Crippen molar-refractivity contribution in [1.82, 2.24) is 9.55 Å². The maximum absolute atomic E-state index is 13.1. The molecule has 118 valence electrons. The van der Waals surface area contributed by atoms with Crippen molar-refractivity contribution in [2.24, 2.45) is 7.05 Å². The number of nitrogens with zero attached hydrogens (tertiary/aromatic N) is 2. The predicted octanol–water partition coefficient (Wildman–Crippen LogP) is 3.81. The lowest BCUT2D eigenvalue weighted by atomic mass is 9.86. The van der Waals surface area contributed by atoms with E-state index in [0.29, 0.717) is 11.1 Å². The third-order valence-corrected chi connectivity index (χ3v) is 4.07. The van der Waals surface area contributed by atoms with Crippen LogP contribution in [0.4, 0.5) is 0 Å². The third-order valence-electron chi connectivity index (χ3n) is 4.07. The number of aromatic nitrogens is 2. The summed E-state index contributed by atoms with van der Waals surface area (Å²) in [5.41, 5.74) is 3.02. The molecule has 2 aromatic heterocycles. The van der Waals surface area contributed by atoms with Crippen LogP contribution >= 0.6 is 0 Å². The van der Waals surface area contributed by atoms with Crippen molar-refractivity contribution in [3.05, 3.63) is 59.5 Å². The standard InChI is InChI=1S/C19H20N2O2/c1-19(2,3)18-16(14-9-10-20-11-15(14)21(18)4)17(23)12-5-7-13(22)8-6-12/h5-11,22H,1-4H3. The van der Waals surface area contributed by atoms with E-state index in [1.165, 1.54) is 12.1 Å². The Morgan fingerprint density at radius 3 is 2.39 bits per heavy atom. The molecular weight excluding hydrogens is 288 g/mol. The first kappa shape index (κ1) is 15.3. The van der Waals surface area contributed by atoms with E-state index in [1.807, 2.05) is 13.1 Å². The second-order valence-electron chi connectivity index (χ2n) is 6.80. The zero-order chi connectivity index (χ0) is 16.8. The predicted molar refractivity (Wildman–Crippen MR) is 91.0 cm³/mol. The molecule has 0 spiro atoms. The van der Waals surface area contributed by atoms with E-state index >= 15 is 0 Å². The zero-order valence-corrected chi connectivity index (χ0v) is 13.8. The molecule has 3 rings (SSSR count). The number of ketones is 1. The molecule has 3 aromatic rings. The smallest absolute Gasteiger partial charge is 0.195 e. The minimum atomic E-state index is -0.185. The molecule has 2 heterocycles. The molecule has 0 saturated heterocycles. The molecule has 0 radical (unpaired) electrons. The molecule has 0 aliphatic rings. The minimum absolute atomic E-state index is 0.0354. The normalized spacial score (nSPS) is 11.8. The summed E-state index contributed by atoms with van der Waals surface area (Å²) in [4.78, 5) is 17.3. The van der Waals surface area contributed by atoms with Crippen molar-refractivity contribution in [1.29, 1.82) is 0 Å². The van der Waals surface area contributed by atoms with E-state index in [1.54, 1.807) is 24.5 Å². The Morgan fingerprint density at radius 2 is 1.78 bits per heavy atom. The summed E-state index contributed by atoms with van der Waals surface area (Å²) in [6, 6.07) is 8.28. The average Bonchev–Trinajstić information content (AvgIpc) is 2.81. The third kappa shape index (κ3) is 2.50. The van der Waals surface area contributed by atoms with Gasteiger partial charge in [-0.3, -0.25) is 9.78 Å². The van der Waals surface area contributed by atoms with Gasteiger partial charge in [-0.1, -0.05) is 20.8 Å². The molecule has 1 N–H and O–H groups in total. The van der Waals surface area contributed by atoms with Crippen LogP contribution in [0.5, 0.6) is 5.75 Å². The largest absolute Gasteiger partial charge is 0.508 e. The lowest BCUT2D eigenvalue weighted by molar-refractivity contribution is 0.103. The van der Waals surface area contributed by atoms with E-state index in [4.69, 9.17) is 0 Å². The fraction of sp³-hybridized carbons (Fsp3) is 0.263. The summed E-state index contributed by atoms with van der Waals surface area (Å²) in [7, 11) is 1.97. The Balaban J connectivity index is 2.31. The molecule has 1 aromatic carbocycles. The SMILES string of the molecule is Cn1c(C(C)(C)C)c(C(=O)c2ccc(O)cc2)c2ccncc21. The van der Waals surface area contributed by atoms with E-state index in [9.17, 15) is 9.90 Å². The molecule has 0 bridgehead atoms. The number of rotatable bonds is 2. The number of benzene rings is 1. The van der Waals surface area contributed by atoms with Crippen molar-refractivity contribution in [3.8, 4) is 5.75 Å².